The van der Waals surface area contributed by atoms with E-state index in [1.165, 1.54) is 6.92 Å². The molecule has 0 bridgehead atoms. The summed E-state index contributed by atoms with van der Waals surface area (Å²) in [6, 6.07) is 11.7. The van der Waals surface area contributed by atoms with Crippen LogP contribution in [-0.2, 0) is 4.79 Å². The molecule has 3 rings (SSSR count). The summed E-state index contributed by atoms with van der Waals surface area (Å²) in [4.78, 5) is 29.9. The van der Waals surface area contributed by atoms with Gasteiger partial charge in [-0.25, -0.2) is 0 Å². The van der Waals surface area contributed by atoms with E-state index < -0.39 is 0 Å². The summed E-state index contributed by atoms with van der Waals surface area (Å²) in [5.74, 6) is -0.0418. The van der Waals surface area contributed by atoms with Gasteiger partial charge in [0.1, 0.15) is 0 Å². The molecule has 2 aromatic rings. The summed E-state index contributed by atoms with van der Waals surface area (Å²) >= 11 is 0. The maximum absolute atomic E-state index is 12.7. The number of nitrogens with one attached hydrogen (secondary N) is 1. The molecule has 1 aromatic heterocycles. The Hall–Kier alpha value is -2.69. The molecule has 0 saturated carbocycles. The molecule has 2 heterocycles. The molecule has 2 amide bonds. The van der Waals surface area contributed by atoms with Crippen molar-refractivity contribution in [3.63, 3.8) is 0 Å². The number of aryl methyl sites for hydroxylation is 1. The molecule has 0 radical (unpaired) electrons. The zero-order chi connectivity index (χ0) is 17.1. The van der Waals surface area contributed by atoms with Crippen LogP contribution in [0.4, 0.5) is 0 Å². The fourth-order valence-corrected chi connectivity index (χ4v) is 3.09. The Bertz CT molecular complexity index is 773. The van der Waals surface area contributed by atoms with Crippen molar-refractivity contribution in [2.24, 2.45) is 0 Å². The largest absolute Gasteiger partial charge is 0.352 e. The van der Waals surface area contributed by atoms with Crippen LogP contribution in [0.1, 0.15) is 29.4 Å². The van der Waals surface area contributed by atoms with Gasteiger partial charge in [-0.1, -0.05) is 12.1 Å². The number of hydrogen-bond acceptors (Lipinski definition) is 3. The molecule has 1 saturated heterocycles. The third-order valence-electron chi connectivity index (χ3n) is 4.22. The molecule has 0 aliphatic carbocycles. The average molecular weight is 323 g/mol. The van der Waals surface area contributed by atoms with E-state index in [0.29, 0.717) is 18.7 Å². The van der Waals surface area contributed by atoms with Crippen molar-refractivity contribution >= 4 is 11.8 Å². The summed E-state index contributed by atoms with van der Waals surface area (Å²) in [5.41, 5.74) is 3.67. The number of aromatic nitrogens is 1. The van der Waals surface area contributed by atoms with E-state index in [-0.39, 0.29) is 17.9 Å². The first-order valence-electron chi connectivity index (χ1n) is 8.12. The molecule has 5 nitrogen and oxygen atoms in total. The Morgan fingerprint density at radius 2 is 2.00 bits per heavy atom. The number of amides is 2. The Morgan fingerprint density at radius 3 is 2.75 bits per heavy atom. The van der Waals surface area contributed by atoms with Crippen LogP contribution >= 0.6 is 0 Å². The second-order valence-electron chi connectivity index (χ2n) is 6.20. The first-order valence-corrected chi connectivity index (χ1v) is 8.12. The highest BCUT2D eigenvalue weighted by Gasteiger charge is 2.27. The lowest BCUT2D eigenvalue weighted by Crippen LogP contribution is -2.37. The van der Waals surface area contributed by atoms with Crippen molar-refractivity contribution in [1.82, 2.24) is 15.2 Å². The minimum atomic E-state index is -0.0515. The van der Waals surface area contributed by atoms with Crippen LogP contribution < -0.4 is 5.32 Å². The van der Waals surface area contributed by atoms with Gasteiger partial charge in [-0.3, -0.25) is 14.6 Å². The molecule has 1 aliphatic heterocycles. The van der Waals surface area contributed by atoms with Crippen LogP contribution in [0.15, 0.2) is 42.6 Å². The normalized spacial score (nSPS) is 16.9. The number of pyridine rings is 1. The van der Waals surface area contributed by atoms with E-state index >= 15 is 0 Å². The first-order chi connectivity index (χ1) is 11.5. The number of rotatable bonds is 3. The fourth-order valence-electron chi connectivity index (χ4n) is 3.09. The lowest BCUT2D eigenvalue weighted by atomic mass is 10.0. The number of hydrogen-bond donors (Lipinski definition) is 1. The lowest BCUT2D eigenvalue weighted by molar-refractivity contribution is -0.119. The quantitative estimate of drug-likeness (QED) is 0.943. The van der Waals surface area contributed by atoms with Crippen LogP contribution in [-0.4, -0.2) is 40.8 Å². The predicted molar refractivity (Wildman–Crippen MR) is 92.5 cm³/mol. The monoisotopic (exact) mass is 323 g/mol. The van der Waals surface area contributed by atoms with Crippen molar-refractivity contribution in [3.05, 3.63) is 53.9 Å². The highest BCUT2D eigenvalue weighted by atomic mass is 16.2. The van der Waals surface area contributed by atoms with Gasteiger partial charge in [0.2, 0.25) is 5.91 Å². The topological polar surface area (TPSA) is 62.3 Å². The third-order valence-corrected chi connectivity index (χ3v) is 4.22. The SMILES string of the molecule is CC(=O)N[C@@H]1CCN(C(=O)c2cccc(-c3ccnc(C)c3)c2)C1. The second-order valence-corrected chi connectivity index (χ2v) is 6.20. The van der Waals surface area contributed by atoms with Crippen LogP contribution in [0.5, 0.6) is 0 Å². The van der Waals surface area contributed by atoms with Crippen LogP contribution in [0.3, 0.4) is 0 Å². The number of likely N-dealkylation sites (tertiary alicyclic amines) is 1. The van der Waals surface area contributed by atoms with E-state index in [9.17, 15) is 9.59 Å². The van der Waals surface area contributed by atoms with Gasteiger partial charge < -0.3 is 10.2 Å². The van der Waals surface area contributed by atoms with Crippen LogP contribution in [0.25, 0.3) is 11.1 Å². The molecule has 24 heavy (non-hydrogen) atoms. The molecule has 5 heteroatoms. The average Bonchev–Trinajstić information content (AvgIpc) is 3.02. The number of carbonyl (C=O) groups is 2. The second kappa shape index (κ2) is 6.83. The summed E-state index contributed by atoms with van der Waals surface area (Å²) in [6.45, 7) is 4.69. The standard InChI is InChI=1S/C19H21N3O2/c1-13-10-16(6-8-20-13)15-4-3-5-17(11-15)19(24)22-9-7-18(12-22)21-14(2)23/h3-6,8,10-11,18H,7,9,12H2,1-2H3,(H,21,23)/t18-/m1/s1. The molecule has 0 unspecified atom stereocenters. The fraction of sp³-hybridized carbons (Fsp3) is 0.316. The van der Waals surface area contributed by atoms with Gasteiger partial charge in [-0.05, 0) is 48.7 Å². The molecule has 1 atom stereocenters. The van der Waals surface area contributed by atoms with Gasteiger partial charge in [0.25, 0.3) is 5.91 Å². The van der Waals surface area contributed by atoms with Gasteiger partial charge in [0.15, 0.2) is 0 Å². The van der Waals surface area contributed by atoms with Gasteiger partial charge in [-0.2, -0.15) is 0 Å². The van der Waals surface area contributed by atoms with Crippen molar-refractivity contribution < 1.29 is 9.59 Å². The molecule has 1 fully saturated rings. The minimum absolute atomic E-state index is 0.00970. The molecule has 1 aliphatic rings. The van der Waals surface area contributed by atoms with Gasteiger partial charge in [0.05, 0.1) is 0 Å². The maximum Gasteiger partial charge on any atom is 0.253 e. The molecule has 1 N–H and O–H groups in total. The smallest absolute Gasteiger partial charge is 0.253 e. The molecular weight excluding hydrogens is 302 g/mol. The predicted octanol–water partition coefficient (Wildman–Crippen LogP) is 2.41. The van der Waals surface area contributed by atoms with Crippen molar-refractivity contribution in [2.75, 3.05) is 13.1 Å². The molecule has 1 aromatic carbocycles. The summed E-state index contributed by atoms with van der Waals surface area (Å²) in [7, 11) is 0. The molecule has 0 spiro atoms. The summed E-state index contributed by atoms with van der Waals surface area (Å²) in [6.07, 6.45) is 2.58. The Labute approximate surface area is 141 Å². The van der Waals surface area contributed by atoms with Gasteiger partial charge >= 0.3 is 0 Å². The Morgan fingerprint density at radius 1 is 1.21 bits per heavy atom. The Balaban J connectivity index is 1.77. The number of nitrogens with zero attached hydrogens (tertiary/aromatic N) is 2. The van der Waals surface area contributed by atoms with Crippen LogP contribution in [0.2, 0.25) is 0 Å². The van der Waals surface area contributed by atoms with E-state index in [0.717, 1.165) is 23.2 Å². The van der Waals surface area contributed by atoms with E-state index in [2.05, 4.69) is 10.3 Å². The number of benzene rings is 1. The third kappa shape index (κ3) is 3.62. The van der Waals surface area contributed by atoms with Gasteiger partial charge in [0, 0.05) is 43.5 Å². The highest BCUT2D eigenvalue weighted by Crippen LogP contribution is 2.22. The summed E-state index contributed by atoms with van der Waals surface area (Å²) in [5, 5.41) is 2.88. The van der Waals surface area contributed by atoms with Crippen molar-refractivity contribution in [1.29, 1.82) is 0 Å². The maximum atomic E-state index is 12.7. The minimum Gasteiger partial charge on any atom is -0.352 e. The first kappa shape index (κ1) is 16.2. The van der Waals surface area contributed by atoms with E-state index in [1.54, 1.807) is 11.1 Å². The van der Waals surface area contributed by atoms with Crippen molar-refractivity contribution in [3.8, 4) is 11.1 Å². The van der Waals surface area contributed by atoms with E-state index in [4.69, 9.17) is 0 Å². The highest BCUT2D eigenvalue weighted by molar-refractivity contribution is 5.95. The molecular formula is C19H21N3O2. The summed E-state index contributed by atoms with van der Waals surface area (Å²) < 4.78 is 0. The van der Waals surface area contributed by atoms with E-state index in [1.807, 2.05) is 43.3 Å². The lowest BCUT2D eigenvalue weighted by Gasteiger charge is -2.17. The van der Waals surface area contributed by atoms with Crippen LogP contribution in [0, 0.1) is 6.92 Å². The van der Waals surface area contributed by atoms with Crippen molar-refractivity contribution in [2.45, 2.75) is 26.3 Å². The van der Waals surface area contributed by atoms with Gasteiger partial charge in [-0.15, -0.1) is 0 Å². The number of carbonyl (C=O) groups excluding carboxylic acids is 2. The zero-order valence-electron chi connectivity index (χ0n) is 14.0. The zero-order valence-corrected chi connectivity index (χ0v) is 14.0. The Kier molecular flexibility index (Phi) is 4.60. The molecule has 124 valence electrons.